The van der Waals surface area contributed by atoms with Crippen LogP contribution in [0.1, 0.15) is 43.7 Å². The van der Waals surface area contributed by atoms with Crippen LogP contribution in [0.15, 0.2) is 36.4 Å². The normalized spacial score (nSPS) is 11.0. The van der Waals surface area contributed by atoms with Crippen molar-refractivity contribution in [3.05, 3.63) is 47.5 Å². The van der Waals surface area contributed by atoms with Crippen LogP contribution in [-0.2, 0) is 16.1 Å². The van der Waals surface area contributed by atoms with Gasteiger partial charge in [-0.25, -0.2) is 0 Å². The second-order valence-corrected chi connectivity index (χ2v) is 6.39. The maximum absolute atomic E-state index is 11.8. The molecule has 0 fully saturated rings. The first kappa shape index (κ1) is 17.9. The third-order valence-corrected chi connectivity index (χ3v) is 4.19. The molecular weight excluding hydrogens is 330 g/mol. The summed E-state index contributed by atoms with van der Waals surface area (Å²) >= 11 is 0. The van der Waals surface area contributed by atoms with Gasteiger partial charge in [0.2, 0.25) is 0 Å². The largest absolute Gasteiger partial charge is 0.505 e. The van der Waals surface area contributed by atoms with E-state index in [2.05, 4.69) is 17.1 Å². The molecule has 1 aromatic heterocycles. The lowest BCUT2D eigenvalue weighted by molar-refractivity contribution is -0.145. The number of rotatable bonds is 7. The van der Waals surface area contributed by atoms with Gasteiger partial charge in [0.1, 0.15) is 29.1 Å². The Labute approximate surface area is 152 Å². The third kappa shape index (κ3) is 4.02. The number of aryl methyl sites for hydroxylation is 1. The molecule has 1 heterocycles. The number of hydrogen-bond donors (Lipinski definition) is 1. The zero-order chi connectivity index (χ0) is 18.5. The summed E-state index contributed by atoms with van der Waals surface area (Å²) in [5.41, 5.74) is 3.44. The summed E-state index contributed by atoms with van der Waals surface area (Å²) in [6.45, 7) is 4.04. The van der Waals surface area contributed by atoms with Crippen molar-refractivity contribution in [2.45, 2.75) is 46.1 Å². The number of carbonyl (C=O) groups is 1. The van der Waals surface area contributed by atoms with Crippen molar-refractivity contribution in [3.8, 4) is 11.4 Å². The first-order valence-electron chi connectivity index (χ1n) is 8.89. The van der Waals surface area contributed by atoms with Gasteiger partial charge < -0.3 is 9.84 Å². The summed E-state index contributed by atoms with van der Waals surface area (Å²) in [6.07, 6.45) is 3.29. The van der Waals surface area contributed by atoms with Crippen LogP contribution in [0.2, 0.25) is 0 Å². The number of ether oxygens (including phenoxy) is 1. The van der Waals surface area contributed by atoms with Gasteiger partial charge in [0.25, 0.3) is 0 Å². The molecule has 0 aliphatic rings. The van der Waals surface area contributed by atoms with E-state index in [1.165, 1.54) is 4.80 Å². The average molecular weight is 353 g/mol. The molecule has 6 heteroatoms. The SMILES string of the molecule is CCCCCC(=O)OCc1cc(C)cc(-n2nc3ccccc3n2)c1O. The van der Waals surface area contributed by atoms with Crippen LogP contribution in [0.25, 0.3) is 16.7 Å². The number of hydrogen-bond acceptors (Lipinski definition) is 5. The first-order valence-corrected chi connectivity index (χ1v) is 8.89. The fourth-order valence-corrected chi connectivity index (χ4v) is 2.81. The number of aromatic nitrogens is 3. The molecule has 0 spiro atoms. The molecule has 2 aromatic carbocycles. The standard InChI is InChI=1S/C20H23N3O3/c1-3-4-5-10-19(24)26-13-15-11-14(2)12-18(20(15)25)23-21-16-8-6-7-9-17(16)22-23/h6-9,11-12,25H,3-5,10,13H2,1-2H3. The van der Waals surface area contributed by atoms with E-state index in [9.17, 15) is 9.90 Å². The molecule has 6 nitrogen and oxygen atoms in total. The molecule has 0 atom stereocenters. The molecule has 26 heavy (non-hydrogen) atoms. The van der Waals surface area contributed by atoms with E-state index in [0.29, 0.717) is 17.7 Å². The van der Waals surface area contributed by atoms with Crippen LogP contribution in [0.5, 0.6) is 5.75 Å². The Morgan fingerprint density at radius 1 is 1.15 bits per heavy atom. The second kappa shape index (κ2) is 7.99. The summed E-state index contributed by atoms with van der Waals surface area (Å²) < 4.78 is 5.31. The van der Waals surface area contributed by atoms with Crippen molar-refractivity contribution >= 4 is 17.0 Å². The van der Waals surface area contributed by atoms with Gasteiger partial charge in [-0.3, -0.25) is 4.79 Å². The van der Waals surface area contributed by atoms with E-state index in [-0.39, 0.29) is 18.3 Å². The molecule has 0 radical (unpaired) electrons. The third-order valence-electron chi connectivity index (χ3n) is 4.19. The van der Waals surface area contributed by atoms with Crippen molar-refractivity contribution in [1.82, 2.24) is 15.0 Å². The molecule has 0 aliphatic heterocycles. The number of nitrogens with zero attached hydrogens (tertiary/aromatic N) is 3. The lowest BCUT2D eigenvalue weighted by Crippen LogP contribution is -2.06. The highest BCUT2D eigenvalue weighted by Gasteiger charge is 2.15. The monoisotopic (exact) mass is 353 g/mol. The Balaban J connectivity index is 1.81. The summed E-state index contributed by atoms with van der Waals surface area (Å²) in [4.78, 5) is 13.2. The predicted octanol–water partition coefficient (Wildman–Crippen LogP) is 4.06. The molecule has 0 bridgehead atoms. The van der Waals surface area contributed by atoms with Crippen molar-refractivity contribution in [1.29, 1.82) is 0 Å². The van der Waals surface area contributed by atoms with Crippen molar-refractivity contribution < 1.29 is 14.6 Å². The first-order chi connectivity index (χ1) is 12.6. The van der Waals surface area contributed by atoms with E-state index < -0.39 is 0 Å². The van der Waals surface area contributed by atoms with Gasteiger partial charge in [-0.15, -0.1) is 15.0 Å². The van der Waals surface area contributed by atoms with Gasteiger partial charge >= 0.3 is 5.97 Å². The molecule has 0 saturated heterocycles. The Kier molecular flexibility index (Phi) is 5.51. The number of unbranched alkanes of at least 4 members (excludes halogenated alkanes) is 2. The summed E-state index contributed by atoms with van der Waals surface area (Å²) in [6, 6.07) is 11.1. The van der Waals surface area contributed by atoms with Crippen LogP contribution in [-0.4, -0.2) is 26.1 Å². The predicted molar refractivity (Wildman–Crippen MR) is 99.2 cm³/mol. The summed E-state index contributed by atoms with van der Waals surface area (Å²) in [5, 5.41) is 19.4. The summed E-state index contributed by atoms with van der Waals surface area (Å²) in [5.74, 6) is -0.221. The molecular formula is C20H23N3O3. The maximum atomic E-state index is 11.8. The minimum absolute atomic E-state index is 0.0252. The molecule has 0 amide bonds. The molecule has 0 unspecified atom stereocenters. The number of esters is 1. The van der Waals surface area contributed by atoms with Crippen molar-refractivity contribution in [2.24, 2.45) is 0 Å². The Bertz CT molecular complexity index is 885. The lowest BCUT2D eigenvalue weighted by atomic mass is 10.1. The quantitative estimate of drug-likeness (QED) is 0.512. The van der Waals surface area contributed by atoms with E-state index >= 15 is 0 Å². The van der Waals surface area contributed by atoms with Crippen LogP contribution in [0.4, 0.5) is 0 Å². The van der Waals surface area contributed by atoms with E-state index in [0.717, 1.165) is 35.9 Å². The number of aromatic hydroxyl groups is 1. The number of phenols is 1. The molecule has 0 saturated carbocycles. The van der Waals surface area contributed by atoms with Gasteiger partial charge in [-0.2, -0.15) is 0 Å². The Hall–Kier alpha value is -2.89. The van der Waals surface area contributed by atoms with Crippen LogP contribution in [0.3, 0.4) is 0 Å². The number of benzene rings is 2. The van der Waals surface area contributed by atoms with Crippen LogP contribution in [0, 0.1) is 6.92 Å². The van der Waals surface area contributed by atoms with Crippen LogP contribution >= 0.6 is 0 Å². The smallest absolute Gasteiger partial charge is 0.306 e. The maximum Gasteiger partial charge on any atom is 0.306 e. The highest BCUT2D eigenvalue weighted by Crippen LogP contribution is 2.28. The second-order valence-electron chi connectivity index (χ2n) is 6.39. The van der Waals surface area contributed by atoms with E-state index in [1.807, 2.05) is 31.2 Å². The average Bonchev–Trinajstić information content (AvgIpc) is 3.06. The van der Waals surface area contributed by atoms with Gasteiger partial charge in [0.05, 0.1) is 0 Å². The molecule has 3 rings (SSSR count). The Morgan fingerprint density at radius 2 is 1.85 bits per heavy atom. The zero-order valence-corrected chi connectivity index (χ0v) is 15.1. The lowest BCUT2D eigenvalue weighted by Gasteiger charge is -2.11. The fraction of sp³-hybridized carbons (Fsp3) is 0.350. The number of carbonyl (C=O) groups excluding carboxylic acids is 1. The van der Waals surface area contributed by atoms with Gasteiger partial charge in [-0.05, 0) is 43.2 Å². The molecule has 3 aromatic rings. The van der Waals surface area contributed by atoms with Crippen molar-refractivity contribution in [2.75, 3.05) is 0 Å². The zero-order valence-electron chi connectivity index (χ0n) is 15.1. The molecule has 136 valence electrons. The van der Waals surface area contributed by atoms with Gasteiger partial charge in [-0.1, -0.05) is 31.9 Å². The Morgan fingerprint density at radius 3 is 2.50 bits per heavy atom. The highest BCUT2D eigenvalue weighted by molar-refractivity contribution is 5.74. The number of fused-ring (bicyclic) bond motifs is 1. The van der Waals surface area contributed by atoms with Gasteiger partial charge in [0.15, 0.2) is 0 Å². The van der Waals surface area contributed by atoms with Crippen LogP contribution < -0.4 is 0 Å². The highest BCUT2D eigenvalue weighted by atomic mass is 16.5. The van der Waals surface area contributed by atoms with Crippen molar-refractivity contribution in [3.63, 3.8) is 0 Å². The summed E-state index contributed by atoms with van der Waals surface area (Å²) in [7, 11) is 0. The molecule has 0 aliphatic carbocycles. The minimum atomic E-state index is -0.246. The minimum Gasteiger partial charge on any atom is -0.505 e. The topological polar surface area (TPSA) is 77.2 Å². The fourth-order valence-electron chi connectivity index (χ4n) is 2.81. The van der Waals surface area contributed by atoms with Gasteiger partial charge in [0, 0.05) is 12.0 Å². The van der Waals surface area contributed by atoms with E-state index in [1.54, 1.807) is 12.1 Å². The number of phenolic OH excluding ortho intramolecular Hbond substituents is 1. The van der Waals surface area contributed by atoms with E-state index in [4.69, 9.17) is 4.74 Å². The molecule has 1 N–H and O–H groups in total.